The van der Waals surface area contributed by atoms with Crippen LogP contribution in [-0.4, -0.2) is 32.8 Å². The summed E-state index contributed by atoms with van der Waals surface area (Å²) < 4.78 is 1.78. The van der Waals surface area contributed by atoms with Gasteiger partial charge in [-0.2, -0.15) is 5.10 Å². The van der Waals surface area contributed by atoms with Crippen LogP contribution in [0.5, 0.6) is 0 Å². The van der Waals surface area contributed by atoms with Gasteiger partial charge >= 0.3 is 0 Å². The van der Waals surface area contributed by atoms with Gasteiger partial charge in [0.05, 0.1) is 11.6 Å². The van der Waals surface area contributed by atoms with Crippen LogP contribution in [0.2, 0.25) is 0 Å². The molecule has 0 amide bonds. The molecule has 0 saturated heterocycles. The summed E-state index contributed by atoms with van der Waals surface area (Å²) in [5.41, 5.74) is 0.888. The number of hydrogen-bond acceptors (Lipinski definition) is 4. The lowest BCUT2D eigenvalue weighted by molar-refractivity contribution is 0.775. The van der Waals surface area contributed by atoms with Gasteiger partial charge in [0.25, 0.3) is 0 Å². The zero-order valence-corrected chi connectivity index (χ0v) is 10.0. The Balaban J connectivity index is 2.50. The van der Waals surface area contributed by atoms with E-state index in [1.54, 1.807) is 11.0 Å². The van der Waals surface area contributed by atoms with Crippen molar-refractivity contribution in [1.82, 2.24) is 19.7 Å². The topological polar surface area (TPSA) is 46.8 Å². The Kier molecular flexibility index (Phi) is 3.03. The first kappa shape index (κ1) is 10.9. The first-order valence-corrected chi connectivity index (χ1v) is 5.65. The summed E-state index contributed by atoms with van der Waals surface area (Å²) in [5.74, 6) is 0.988. The van der Waals surface area contributed by atoms with Crippen LogP contribution in [0.1, 0.15) is 20.3 Å². The largest absolute Gasteiger partial charge is 0.356 e. The van der Waals surface area contributed by atoms with Crippen molar-refractivity contribution >= 4 is 16.9 Å². The number of fused-ring (bicyclic) bond motifs is 1. The smallest absolute Gasteiger partial charge is 0.163 e. The fourth-order valence-corrected chi connectivity index (χ4v) is 1.89. The van der Waals surface area contributed by atoms with E-state index in [2.05, 4.69) is 33.8 Å². The van der Waals surface area contributed by atoms with Crippen molar-refractivity contribution < 1.29 is 0 Å². The second-order valence-electron chi connectivity index (χ2n) is 3.78. The van der Waals surface area contributed by atoms with Gasteiger partial charge in [0.2, 0.25) is 0 Å². The number of aryl methyl sites for hydroxylation is 1. The van der Waals surface area contributed by atoms with E-state index in [-0.39, 0.29) is 0 Å². The van der Waals surface area contributed by atoms with Crippen LogP contribution in [0.15, 0.2) is 12.5 Å². The zero-order valence-electron chi connectivity index (χ0n) is 10.0. The van der Waals surface area contributed by atoms with E-state index < -0.39 is 0 Å². The molecule has 0 aromatic carbocycles. The quantitative estimate of drug-likeness (QED) is 0.783. The first-order valence-electron chi connectivity index (χ1n) is 5.65. The normalized spacial score (nSPS) is 10.9. The molecular formula is C11H17N5. The van der Waals surface area contributed by atoms with Crippen molar-refractivity contribution in [3.63, 3.8) is 0 Å². The lowest BCUT2D eigenvalue weighted by Crippen LogP contribution is -2.24. The van der Waals surface area contributed by atoms with E-state index in [0.29, 0.717) is 0 Å². The van der Waals surface area contributed by atoms with Crippen molar-refractivity contribution in [2.24, 2.45) is 7.05 Å². The molecule has 0 bridgehead atoms. The van der Waals surface area contributed by atoms with Gasteiger partial charge < -0.3 is 4.90 Å². The van der Waals surface area contributed by atoms with E-state index in [1.165, 1.54) is 0 Å². The van der Waals surface area contributed by atoms with Gasteiger partial charge in [-0.3, -0.25) is 4.68 Å². The molecule has 0 N–H and O–H groups in total. The van der Waals surface area contributed by atoms with Gasteiger partial charge in [0, 0.05) is 20.1 Å². The van der Waals surface area contributed by atoms with E-state index in [1.807, 2.05) is 13.2 Å². The maximum atomic E-state index is 4.37. The lowest BCUT2D eigenvalue weighted by atomic mass is 10.3. The van der Waals surface area contributed by atoms with Crippen LogP contribution in [0.4, 0.5) is 5.82 Å². The summed E-state index contributed by atoms with van der Waals surface area (Å²) in [6.45, 7) is 6.27. The average molecular weight is 219 g/mol. The molecule has 2 aromatic rings. The first-order chi connectivity index (χ1) is 7.77. The van der Waals surface area contributed by atoms with Crippen LogP contribution in [0, 0.1) is 0 Å². The maximum absolute atomic E-state index is 4.37. The molecular weight excluding hydrogens is 202 g/mol. The highest BCUT2D eigenvalue weighted by Crippen LogP contribution is 2.21. The second-order valence-corrected chi connectivity index (χ2v) is 3.78. The van der Waals surface area contributed by atoms with E-state index >= 15 is 0 Å². The zero-order chi connectivity index (χ0) is 11.5. The second kappa shape index (κ2) is 4.47. The van der Waals surface area contributed by atoms with Gasteiger partial charge in [-0.25, -0.2) is 9.97 Å². The molecule has 2 heterocycles. The maximum Gasteiger partial charge on any atom is 0.163 e. The molecule has 0 spiro atoms. The van der Waals surface area contributed by atoms with Crippen molar-refractivity contribution in [1.29, 1.82) is 0 Å². The minimum absolute atomic E-state index is 0.888. The molecule has 16 heavy (non-hydrogen) atoms. The predicted molar refractivity (Wildman–Crippen MR) is 64.5 cm³/mol. The summed E-state index contributed by atoms with van der Waals surface area (Å²) in [6.07, 6.45) is 4.56. The van der Waals surface area contributed by atoms with E-state index in [9.17, 15) is 0 Å². The van der Waals surface area contributed by atoms with Gasteiger partial charge in [-0.15, -0.1) is 0 Å². The Hall–Kier alpha value is -1.65. The van der Waals surface area contributed by atoms with Crippen molar-refractivity contribution in [2.75, 3.05) is 18.0 Å². The Morgan fingerprint density at radius 1 is 1.31 bits per heavy atom. The fourth-order valence-electron chi connectivity index (χ4n) is 1.89. The number of hydrogen-bond donors (Lipinski definition) is 0. The molecule has 2 rings (SSSR count). The van der Waals surface area contributed by atoms with E-state index in [0.717, 1.165) is 36.4 Å². The minimum atomic E-state index is 0.888. The van der Waals surface area contributed by atoms with Crippen LogP contribution < -0.4 is 4.90 Å². The molecule has 5 heteroatoms. The highest BCUT2D eigenvalue weighted by molar-refractivity contribution is 5.86. The third-order valence-electron chi connectivity index (χ3n) is 2.68. The molecule has 0 saturated carbocycles. The van der Waals surface area contributed by atoms with Gasteiger partial charge in [-0.1, -0.05) is 6.92 Å². The molecule has 0 unspecified atom stereocenters. The van der Waals surface area contributed by atoms with Crippen molar-refractivity contribution in [3.8, 4) is 0 Å². The number of nitrogens with zero attached hydrogens (tertiary/aromatic N) is 5. The summed E-state index contributed by atoms with van der Waals surface area (Å²) in [4.78, 5) is 10.9. The van der Waals surface area contributed by atoms with Crippen LogP contribution >= 0.6 is 0 Å². The average Bonchev–Trinajstić information content (AvgIpc) is 2.68. The van der Waals surface area contributed by atoms with E-state index in [4.69, 9.17) is 0 Å². The molecule has 0 aliphatic carbocycles. The Labute approximate surface area is 95.1 Å². The molecule has 86 valence electrons. The summed E-state index contributed by atoms with van der Waals surface area (Å²) >= 11 is 0. The van der Waals surface area contributed by atoms with Crippen LogP contribution in [0.25, 0.3) is 11.0 Å². The monoisotopic (exact) mass is 219 g/mol. The number of rotatable bonds is 4. The molecule has 0 radical (unpaired) electrons. The molecule has 5 nitrogen and oxygen atoms in total. The Morgan fingerprint density at radius 2 is 2.12 bits per heavy atom. The highest BCUT2D eigenvalue weighted by atomic mass is 15.3. The van der Waals surface area contributed by atoms with Gasteiger partial charge in [0.1, 0.15) is 12.1 Å². The molecule has 0 fully saturated rings. The fraction of sp³-hybridized carbons (Fsp3) is 0.545. The van der Waals surface area contributed by atoms with Gasteiger partial charge in [-0.05, 0) is 13.3 Å². The molecule has 2 aromatic heterocycles. The standard InChI is InChI=1S/C11H17N5/c1-4-6-16(5-2)11-9-7-14-15(3)10(9)12-8-13-11/h7-8H,4-6H2,1-3H3. The Morgan fingerprint density at radius 3 is 2.81 bits per heavy atom. The van der Waals surface area contributed by atoms with Crippen molar-refractivity contribution in [3.05, 3.63) is 12.5 Å². The Bertz CT molecular complexity index is 476. The SMILES string of the molecule is CCCN(CC)c1ncnc2c1cnn2C. The lowest BCUT2D eigenvalue weighted by Gasteiger charge is -2.21. The highest BCUT2D eigenvalue weighted by Gasteiger charge is 2.12. The van der Waals surface area contributed by atoms with Crippen LogP contribution in [0.3, 0.4) is 0 Å². The molecule has 0 aliphatic heterocycles. The number of anilines is 1. The third-order valence-corrected chi connectivity index (χ3v) is 2.68. The summed E-state index contributed by atoms with van der Waals surface area (Å²) in [5, 5.41) is 5.25. The number of aromatic nitrogens is 4. The summed E-state index contributed by atoms with van der Waals surface area (Å²) in [7, 11) is 1.90. The predicted octanol–water partition coefficient (Wildman–Crippen LogP) is 1.60. The van der Waals surface area contributed by atoms with Gasteiger partial charge in [0.15, 0.2) is 5.65 Å². The van der Waals surface area contributed by atoms with Crippen LogP contribution in [-0.2, 0) is 7.05 Å². The van der Waals surface area contributed by atoms with Crippen molar-refractivity contribution in [2.45, 2.75) is 20.3 Å². The molecule has 0 aliphatic rings. The summed E-state index contributed by atoms with van der Waals surface area (Å²) in [6, 6.07) is 0. The third kappa shape index (κ3) is 1.73. The minimum Gasteiger partial charge on any atom is -0.356 e. The molecule has 0 atom stereocenters.